The summed E-state index contributed by atoms with van der Waals surface area (Å²) in [5, 5.41) is 6.90. The molecule has 7 heteroatoms. The average molecular weight is 492 g/mol. The van der Waals surface area contributed by atoms with Crippen LogP contribution in [0.15, 0.2) is 4.99 Å². The number of amides is 1. The van der Waals surface area contributed by atoms with Gasteiger partial charge < -0.3 is 20.3 Å². The largest absolute Gasteiger partial charge is 0.381 e. The second-order valence-electron chi connectivity index (χ2n) is 8.56. The molecule has 2 atom stereocenters. The molecule has 2 heterocycles. The molecule has 2 N–H and O–H groups in total. The van der Waals surface area contributed by atoms with Crippen molar-refractivity contribution >= 4 is 35.8 Å². The smallest absolute Gasteiger partial charge is 0.225 e. The lowest BCUT2D eigenvalue weighted by Crippen LogP contribution is -2.46. The van der Waals surface area contributed by atoms with Crippen molar-refractivity contribution in [2.45, 2.75) is 64.8 Å². The van der Waals surface area contributed by atoms with Gasteiger partial charge in [0.15, 0.2) is 5.96 Å². The zero-order valence-corrected chi connectivity index (χ0v) is 19.3. The molecular formula is C20H37IN4O2. The van der Waals surface area contributed by atoms with Crippen LogP contribution in [0.4, 0.5) is 0 Å². The lowest BCUT2D eigenvalue weighted by molar-refractivity contribution is -0.135. The van der Waals surface area contributed by atoms with Crippen molar-refractivity contribution in [1.82, 2.24) is 15.5 Å². The van der Waals surface area contributed by atoms with E-state index >= 15 is 0 Å². The number of carbonyl (C=O) groups is 1. The minimum Gasteiger partial charge on any atom is -0.381 e. The van der Waals surface area contributed by atoms with E-state index in [9.17, 15) is 4.79 Å². The quantitative estimate of drug-likeness (QED) is 0.352. The highest BCUT2D eigenvalue weighted by atomic mass is 127. The first kappa shape index (κ1) is 22.7. The number of nitrogens with one attached hydrogen (secondary N) is 2. The van der Waals surface area contributed by atoms with E-state index in [0.717, 1.165) is 71.0 Å². The molecule has 0 spiro atoms. The molecule has 1 amide bonds. The molecule has 0 aromatic carbocycles. The molecular weight excluding hydrogens is 455 g/mol. The predicted octanol–water partition coefficient (Wildman–Crippen LogP) is 2.77. The first-order chi connectivity index (χ1) is 12.6. The lowest BCUT2D eigenvalue weighted by Gasteiger charge is -2.26. The topological polar surface area (TPSA) is 66.0 Å². The number of hydrogen-bond donors (Lipinski definition) is 2. The van der Waals surface area contributed by atoms with E-state index in [1.54, 1.807) is 0 Å². The molecule has 156 valence electrons. The fraction of sp³-hybridized carbons (Fsp3) is 0.900. The maximum Gasteiger partial charge on any atom is 0.225 e. The number of rotatable bonds is 5. The number of halogens is 1. The van der Waals surface area contributed by atoms with Gasteiger partial charge in [0, 0.05) is 43.6 Å². The van der Waals surface area contributed by atoms with E-state index in [-0.39, 0.29) is 35.3 Å². The monoisotopic (exact) mass is 492 g/mol. The molecule has 3 rings (SSSR count). The number of guanidine groups is 1. The van der Waals surface area contributed by atoms with Gasteiger partial charge in [-0.25, -0.2) is 0 Å². The van der Waals surface area contributed by atoms with Gasteiger partial charge in [-0.2, -0.15) is 0 Å². The third-order valence-corrected chi connectivity index (χ3v) is 6.06. The van der Waals surface area contributed by atoms with Crippen LogP contribution in [0.2, 0.25) is 0 Å². The van der Waals surface area contributed by atoms with E-state index in [0.29, 0.717) is 11.9 Å². The Morgan fingerprint density at radius 1 is 1.26 bits per heavy atom. The molecule has 2 unspecified atom stereocenters. The van der Waals surface area contributed by atoms with Gasteiger partial charge in [-0.3, -0.25) is 9.79 Å². The van der Waals surface area contributed by atoms with Crippen LogP contribution in [0.3, 0.4) is 0 Å². The van der Waals surface area contributed by atoms with Crippen molar-refractivity contribution in [3.8, 4) is 0 Å². The Labute approximate surface area is 181 Å². The molecule has 1 aliphatic carbocycles. The molecule has 2 saturated heterocycles. The summed E-state index contributed by atoms with van der Waals surface area (Å²) in [6, 6.07) is 0.299. The maximum atomic E-state index is 12.7. The van der Waals surface area contributed by atoms with Crippen molar-refractivity contribution in [3.05, 3.63) is 0 Å². The van der Waals surface area contributed by atoms with Crippen LogP contribution in [0.25, 0.3) is 0 Å². The summed E-state index contributed by atoms with van der Waals surface area (Å²) >= 11 is 0. The highest BCUT2D eigenvalue weighted by Gasteiger charge is 2.32. The molecule has 0 aromatic heterocycles. The predicted molar refractivity (Wildman–Crippen MR) is 120 cm³/mol. The van der Waals surface area contributed by atoms with E-state index < -0.39 is 0 Å². The number of likely N-dealkylation sites (tertiary alicyclic amines) is 1. The van der Waals surface area contributed by atoms with Gasteiger partial charge in [-0.1, -0.05) is 26.2 Å². The molecule has 27 heavy (non-hydrogen) atoms. The molecule has 3 fully saturated rings. The third-order valence-electron chi connectivity index (χ3n) is 6.06. The van der Waals surface area contributed by atoms with Crippen LogP contribution >= 0.6 is 24.0 Å². The lowest BCUT2D eigenvalue weighted by atomic mass is 9.88. The van der Waals surface area contributed by atoms with E-state index in [1.807, 2.05) is 0 Å². The zero-order chi connectivity index (χ0) is 18.4. The van der Waals surface area contributed by atoms with Crippen LogP contribution in [0, 0.1) is 11.3 Å². The normalized spacial score (nSPS) is 29.5. The van der Waals surface area contributed by atoms with Crippen LogP contribution in [-0.2, 0) is 9.53 Å². The van der Waals surface area contributed by atoms with Crippen LogP contribution in [-0.4, -0.2) is 62.2 Å². The summed E-state index contributed by atoms with van der Waals surface area (Å²) in [7, 11) is 0. The highest BCUT2D eigenvalue weighted by Crippen LogP contribution is 2.28. The van der Waals surface area contributed by atoms with Gasteiger partial charge in [0.05, 0.1) is 13.2 Å². The summed E-state index contributed by atoms with van der Waals surface area (Å²) in [5.41, 5.74) is 0.154. The van der Waals surface area contributed by atoms with Crippen molar-refractivity contribution in [2.75, 3.05) is 39.4 Å². The molecule has 6 nitrogen and oxygen atoms in total. The first-order valence-electron chi connectivity index (χ1n) is 10.5. The summed E-state index contributed by atoms with van der Waals surface area (Å²) in [4.78, 5) is 19.6. The van der Waals surface area contributed by atoms with Gasteiger partial charge >= 0.3 is 0 Å². The molecule has 1 saturated carbocycles. The number of carbonyl (C=O) groups excluding carboxylic acids is 1. The molecule has 0 radical (unpaired) electrons. The maximum absolute atomic E-state index is 12.7. The fourth-order valence-electron chi connectivity index (χ4n) is 4.30. The van der Waals surface area contributed by atoms with Gasteiger partial charge in [-0.05, 0) is 32.6 Å². The number of aliphatic imine (C=N–C) groups is 1. The van der Waals surface area contributed by atoms with Gasteiger partial charge in [0.1, 0.15) is 0 Å². The Kier molecular flexibility index (Phi) is 9.11. The van der Waals surface area contributed by atoms with Gasteiger partial charge in [0.2, 0.25) is 5.91 Å². The molecule has 3 aliphatic rings. The Bertz CT molecular complexity index is 502. The summed E-state index contributed by atoms with van der Waals surface area (Å²) in [5.74, 6) is 1.52. The Balaban J connectivity index is 0.00000261. The molecule has 2 aliphatic heterocycles. The van der Waals surface area contributed by atoms with Crippen LogP contribution < -0.4 is 10.6 Å². The van der Waals surface area contributed by atoms with E-state index in [2.05, 4.69) is 29.4 Å². The number of ether oxygens (including phenoxy) is 1. The second-order valence-corrected chi connectivity index (χ2v) is 8.56. The highest BCUT2D eigenvalue weighted by molar-refractivity contribution is 14.0. The SMILES string of the molecule is CCNC(=NCC1(C)CCOC1)NC1CCN(C(=O)C2CCCCC2)C1.I. The Morgan fingerprint density at radius 3 is 2.70 bits per heavy atom. The Hall–Kier alpha value is -0.570. The third kappa shape index (κ3) is 6.48. The van der Waals surface area contributed by atoms with Crippen molar-refractivity contribution in [3.63, 3.8) is 0 Å². The average Bonchev–Trinajstić information content (AvgIpc) is 3.30. The van der Waals surface area contributed by atoms with Crippen molar-refractivity contribution < 1.29 is 9.53 Å². The minimum atomic E-state index is 0. The van der Waals surface area contributed by atoms with Crippen LogP contribution in [0.5, 0.6) is 0 Å². The summed E-state index contributed by atoms with van der Waals surface area (Å²) < 4.78 is 5.53. The molecule has 0 aromatic rings. The summed E-state index contributed by atoms with van der Waals surface area (Å²) in [6.45, 7) is 9.27. The van der Waals surface area contributed by atoms with Gasteiger partial charge in [0.25, 0.3) is 0 Å². The van der Waals surface area contributed by atoms with Crippen molar-refractivity contribution in [2.24, 2.45) is 16.3 Å². The summed E-state index contributed by atoms with van der Waals surface area (Å²) in [6.07, 6.45) is 7.96. The standard InChI is InChI=1S/C20H36N4O2.HI/c1-3-21-19(22-14-20(2)10-12-26-15-20)23-17-9-11-24(13-17)18(25)16-7-5-4-6-8-16;/h16-17H,3-15H2,1-2H3,(H2,21,22,23);1H. The van der Waals surface area contributed by atoms with Crippen LogP contribution in [0.1, 0.15) is 58.8 Å². The number of hydrogen-bond acceptors (Lipinski definition) is 3. The second kappa shape index (κ2) is 10.8. The number of nitrogens with zero attached hydrogens (tertiary/aromatic N) is 2. The fourth-order valence-corrected chi connectivity index (χ4v) is 4.30. The van der Waals surface area contributed by atoms with Crippen molar-refractivity contribution in [1.29, 1.82) is 0 Å². The van der Waals surface area contributed by atoms with Gasteiger partial charge in [-0.15, -0.1) is 24.0 Å². The van der Waals surface area contributed by atoms with E-state index in [1.165, 1.54) is 19.3 Å². The van der Waals surface area contributed by atoms with E-state index in [4.69, 9.17) is 9.73 Å². The first-order valence-corrected chi connectivity index (χ1v) is 10.5. The molecule has 0 bridgehead atoms. The zero-order valence-electron chi connectivity index (χ0n) is 17.0. The minimum absolute atomic E-state index is 0. The Morgan fingerprint density at radius 2 is 2.04 bits per heavy atom.